The first-order valence-electron chi connectivity index (χ1n) is 11.0. The average Bonchev–Trinajstić information content (AvgIpc) is 3.24. The predicted molar refractivity (Wildman–Crippen MR) is 111 cm³/mol. The second kappa shape index (κ2) is 9.48. The summed E-state index contributed by atoms with van der Waals surface area (Å²) in [4.78, 5) is 21.6. The molecule has 1 aliphatic heterocycles. The number of piperazine rings is 1. The highest BCUT2D eigenvalue weighted by atomic mass is 16.2. The molecule has 2 aliphatic rings. The number of aryl methyl sites for hydroxylation is 2. The van der Waals surface area contributed by atoms with Crippen LogP contribution in [0.4, 0.5) is 0 Å². The van der Waals surface area contributed by atoms with Gasteiger partial charge in [-0.2, -0.15) is 0 Å². The van der Waals surface area contributed by atoms with Gasteiger partial charge in [0.25, 0.3) is 5.91 Å². The van der Waals surface area contributed by atoms with Gasteiger partial charge in [-0.15, -0.1) is 5.10 Å². The minimum absolute atomic E-state index is 0.00239. The highest BCUT2D eigenvalue weighted by Crippen LogP contribution is 2.26. The van der Waals surface area contributed by atoms with E-state index < -0.39 is 0 Å². The van der Waals surface area contributed by atoms with E-state index in [0.717, 1.165) is 57.3 Å². The summed E-state index contributed by atoms with van der Waals surface area (Å²) in [6.45, 7) is 6.96. The quantitative estimate of drug-likeness (QED) is 0.751. The van der Waals surface area contributed by atoms with Gasteiger partial charge in [0.1, 0.15) is 0 Å². The lowest BCUT2D eigenvalue weighted by atomic mass is 9.87. The fraction of sp³-hybridized carbons (Fsp3) is 0.636. The zero-order chi connectivity index (χ0) is 20.1. The van der Waals surface area contributed by atoms with E-state index in [1.54, 1.807) is 0 Å². The minimum atomic E-state index is 0.00239. The lowest BCUT2D eigenvalue weighted by Crippen LogP contribution is -2.48. The Kier molecular flexibility index (Phi) is 6.54. The van der Waals surface area contributed by atoms with Crippen molar-refractivity contribution >= 4 is 5.91 Å². The molecule has 0 atom stereocenters. The number of hydrogen-bond acceptors (Lipinski definition) is 5. The molecule has 7 nitrogen and oxygen atoms in total. The standard InChI is InChI=1S/C22H32N6O/c1-18-6-5-10-23-20(18)16-26-12-14-27(15-13-26)22(29)21-17-28(25-24-21)11-9-19-7-3-2-4-8-19/h5-6,10,17,19H,2-4,7-9,11-16H2,1H3. The Morgan fingerprint density at radius 1 is 1.14 bits per heavy atom. The second-order valence-corrected chi connectivity index (χ2v) is 8.49. The first-order valence-corrected chi connectivity index (χ1v) is 11.0. The molecule has 2 aromatic heterocycles. The number of pyridine rings is 1. The van der Waals surface area contributed by atoms with Crippen molar-refractivity contribution in [1.82, 2.24) is 29.8 Å². The van der Waals surface area contributed by atoms with Crippen LogP contribution in [0.25, 0.3) is 0 Å². The van der Waals surface area contributed by atoms with Crippen LogP contribution in [-0.2, 0) is 13.1 Å². The zero-order valence-corrected chi connectivity index (χ0v) is 17.5. The zero-order valence-electron chi connectivity index (χ0n) is 17.5. The van der Waals surface area contributed by atoms with E-state index in [4.69, 9.17) is 0 Å². The van der Waals surface area contributed by atoms with Crippen molar-refractivity contribution in [2.75, 3.05) is 26.2 Å². The summed E-state index contributed by atoms with van der Waals surface area (Å²) in [6.07, 6.45) is 11.6. The monoisotopic (exact) mass is 396 g/mol. The Hall–Kier alpha value is -2.28. The Morgan fingerprint density at radius 3 is 2.69 bits per heavy atom. The maximum atomic E-state index is 12.8. The minimum Gasteiger partial charge on any atom is -0.335 e. The summed E-state index contributed by atoms with van der Waals surface area (Å²) >= 11 is 0. The fourth-order valence-corrected chi connectivity index (χ4v) is 4.46. The smallest absolute Gasteiger partial charge is 0.276 e. The number of amides is 1. The molecule has 3 heterocycles. The number of rotatable bonds is 6. The molecule has 29 heavy (non-hydrogen) atoms. The molecule has 1 saturated carbocycles. The van der Waals surface area contributed by atoms with Gasteiger partial charge in [0.05, 0.1) is 11.9 Å². The Balaban J connectivity index is 1.25. The van der Waals surface area contributed by atoms with Crippen LogP contribution in [0.2, 0.25) is 0 Å². The lowest BCUT2D eigenvalue weighted by molar-refractivity contribution is 0.0621. The van der Waals surface area contributed by atoms with E-state index in [9.17, 15) is 4.79 Å². The van der Waals surface area contributed by atoms with Gasteiger partial charge < -0.3 is 4.90 Å². The van der Waals surface area contributed by atoms with Crippen molar-refractivity contribution in [2.45, 2.75) is 58.5 Å². The molecule has 1 amide bonds. The molecule has 156 valence electrons. The number of hydrogen-bond donors (Lipinski definition) is 0. The first kappa shape index (κ1) is 20.0. The van der Waals surface area contributed by atoms with Crippen molar-refractivity contribution in [3.05, 3.63) is 41.5 Å². The Bertz CT molecular complexity index is 805. The van der Waals surface area contributed by atoms with Gasteiger partial charge in [0.2, 0.25) is 0 Å². The Labute approximate surface area is 173 Å². The van der Waals surface area contributed by atoms with E-state index in [1.165, 1.54) is 37.7 Å². The van der Waals surface area contributed by atoms with Gasteiger partial charge in [-0.1, -0.05) is 43.4 Å². The van der Waals surface area contributed by atoms with E-state index in [0.29, 0.717) is 5.69 Å². The molecule has 0 N–H and O–H groups in total. The van der Waals surface area contributed by atoms with Crippen LogP contribution in [0.5, 0.6) is 0 Å². The van der Waals surface area contributed by atoms with Crippen LogP contribution in [0.15, 0.2) is 24.5 Å². The van der Waals surface area contributed by atoms with Crippen LogP contribution in [0, 0.1) is 12.8 Å². The summed E-state index contributed by atoms with van der Waals surface area (Å²) in [5, 5.41) is 8.35. The van der Waals surface area contributed by atoms with Gasteiger partial charge in [-0.3, -0.25) is 19.4 Å². The summed E-state index contributed by atoms with van der Waals surface area (Å²) in [5.74, 6) is 0.811. The van der Waals surface area contributed by atoms with Gasteiger partial charge in [-0.05, 0) is 30.9 Å². The molecule has 1 aliphatic carbocycles. The molecule has 0 aromatic carbocycles. The molecule has 0 unspecified atom stereocenters. The van der Waals surface area contributed by atoms with Crippen LogP contribution >= 0.6 is 0 Å². The lowest BCUT2D eigenvalue weighted by Gasteiger charge is -2.34. The summed E-state index contributed by atoms with van der Waals surface area (Å²) in [6, 6.07) is 4.07. The van der Waals surface area contributed by atoms with Gasteiger partial charge in [0.15, 0.2) is 5.69 Å². The first-order chi connectivity index (χ1) is 14.2. The highest BCUT2D eigenvalue weighted by molar-refractivity contribution is 5.92. The van der Waals surface area contributed by atoms with Crippen LogP contribution in [-0.4, -0.2) is 61.9 Å². The molecule has 1 saturated heterocycles. The number of aromatic nitrogens is 4. The second-order valence-electron chi connectivity index (χ2n) is 8.49. The summed E-state index contributed by atoms with van der Waals surface area (Å²) in [5.41, 5.74) is 2.81. The van der Waals surface area contributed by atoms with Gasteiger partial charge in [-0.25, -0.2) is 0 Å². The molecule has 2 fully saturated rings. The van der Waals surface area contributed by atoms with E-state index in [2.05, 4.69) is 33.2 Å². The maximum absolute atomic E-state index is 12.8. The van der Waals surface area contributed by atoms with Crippen molar-refractivity contribution in [3.63, 3.8) is 0 Å². The van der Waals surface area contributed by atoms with E-state index in [1.807, 2.05) is 28.0 Å². The normalized spacial score (nSPS) is 18.9. The van der Waals surface area contributed by atoms with Gasteiger partial charge >= 0.3 is 0 Å². The topological polar surface area (TPSA) is 67.2 Å². The molecule has 4 rings (SSSR count). The molecule has 7 heteroatoms. The van der Waals surface area contributed by atoms with Crippen molar-refractivity contribution < 1.29 is 4.79 Å². The number of carbonyl (C=O) groups is 1. The third kappa shape index (κ3) is 5.21. The fourth-order valence-electron chi connectivity index (χ4n) is 4.46. The van der Waals surface area contributed by atoms with Crippen LogP contribution < -0.4 is 0 Å². The molecule has 0 radical (unpaired) electrons. The molecule has 0 spiro atoms. The summed E-state index contributed by atoms with van der Waals surface area (Å²) < 4.78 is 1.85. The molecular weight excluding hydrogens is 364 g/mol. The third-order valence-electron chi connectivity index (χ3n) is 6.40. The largest absolute Gasteiger partial charge is 0.335 e. The number of nitrogens with zero attached hydrogens (tertiary/aromatic N) is 6. The predicted octanol–water partition coefficient (Wildman–Crippen LogP) is 2.91. The van der Waals surface area contributed by atoms with E-state index in [-0.39, 0.29) is 5.91 Å². The molecule has 0 bridgehead atoms. The van der Waals surface area contributed by atoms with Crippen molar-refractivity contribution in [3.8, 4) is 0 Å². The maximum Gasteiger partial charge on any atom is 0.276 e. The van der Waals surface area contributed by atoms with Crippen molar-refractivity contribution in [1.29, 1.82) is 0 Å². The van der Waals surface area contributed by atoms with Crippen LogP contribution in [0.1, 0.15) is 60.3 Å². The SMILES string of the molecule is Cc1cccnc1CN1CCN(C(=O)c2cn(CCC3CCCCC3)nn2)CC1. The average molecular weight is 397 g/mol. The van der Waals surface area contributed by atoms with Gasteiger partial charge in [0, 0.05) is 45.5 Å². The third-order valence-corrected chi connectivity index (χ3v) is 6.40. The highest BCUT2D eigenvalue weighted by Gasteiger charge is 2.24. The van der Waals surface area contributed by atoms with Crippen LogP contribution in [0.3, 0.4) is 0 Å². The molecular formula is C22H32N6O. The summed E-state index contributed by atoms with van der Waals surface area (Å²) in [7, 11) is 0. The van der Waals surface area contributed by atoms with Crippen molar-refractivity contribution in [2.24, 2.45) is 5.92 Å². The molecule has 2 aromatic rings. The van der Waals surface area contributed by atoms with E-state index >= 15 is 0 Å². The Morgan fingerprint density at radius 2 is 1.93 bits per heavy atom. The number of carbonyl (C=O) groups excluding carboxylic acids is 1.